The van der Waals surface area contributed by atoms with Gasteiger partial charge in [-0.25, -0.2) is 0 Å². The molecule has 0 bridgehead atoms. The monoisotopic (exact) mass is 609 g/mol. The molecule has 42 heavy (non-hydrogen) atoms. The van der Waals surface area contributed by atoms with Crippen LogP contribution in [0.5, 0.6) is 5.75 Å². The Morgan fingerprint density at radius 2 is 1.55 bits per heavy atom. The summed E-state index contributed by atoms with van der Waals surface area (Å²) in [5, 5.41) is 12.6. The number of carbonyl (C=O) groups is 2. The van der Waals surface area contributed by atoms with Crippen LogP contribution in [0.15, 0.2) is 84.0 Å². The maximum atomic E-state index is 13.4. The summed E-state index contributed by atoms with van der Waals surface area (Å²) >= 11 is 0.736. The third-order valence-corrected chi connectivity index (χ3v) is 6.46. The summed E-state index contributed by atoms with van der Waals surface area (Å²) in [6, 6.07) is 17.2. The number of anilines is 1. The molecule has 0 aliphatic heterocycles. The van der Waals surface area contributed by atoms with E-state index in [0.29, 0.717) is 5.75 Å². The van der Waals surface area contributed by atoms with Gasteiger partial charge in [-0.1, -0.05) is 48.2 Å². The molecule has 0 aliphatic carbocycles. The Kier molecular flexibility index (Phi) is 9.40. The summed E-state index contributed by atoms with van der Waals surface area (Å²) in [6.07, 6.45) is -9.36. The van der Waals surface area contributed by atoms with Crippen LogP contribution in [0.1, 0.15) is 17.0 Å². The van der Waals surface area contributed by atoms with Crippen LogP contribution in [-0.4, -0.2) is 38.9 Å². The van der Waals surface area contributed by atoms with Crippen LogP contribution in [0.2, 0.25) is 0 Å². The largest absolute Gasteiger partial charge is 0.484 e. The molecule has 4 rings (SSSR count). The molecule has 0 spiro atoms. The smallest absolute Gasteiger partial charge is 0.418 e. The molecule has 1 aromatic heterocycles. The molecular formula is C27H21F6N5O3S. The molecule has 0 fully saturated rings. The highest BCUT2D eigenvalue weighted by Crippen LogP contribution is 2.35. The van der Waals surface area contributed by atoms with E-state index >= 15 is 0 Å². The average molecular weight is 610 g/mol. The van der Waals surface area contributed by atoms with Gasteiger partial charge in [-0.15, -0.1) is 10.2 Å². The van der Waals surface area contributed by atoms with Crippen LogP contribution in [0.4, 0.5) is 32.0 Å². The zero-order valence-corrected chi connectivity index (χ0v) is 22.2. The van der Waals surface area contributed by atoms with Crippen LogP contribution in [-0.2, 0) is 28.5 Å². The molecule has 2 N–H and O–H groups in total. The van der Waals surface area contributed by atoms with Crippen molar-refractivity contribution in [3.8, 4) is 11.4 Å². The van der Waals surface area contributed by atoms with Gasteiger partial charge in [0.1, 0.15) is 5.75 Å². The van der Waals surface area contributed by atoms with Crippen LogP contribution in [0.3, 0.4) is 0 Å². The van der Waals surface area contributed by atoms with Gasteiger partial charge in [0.25, 0.3) is 5.91 Å². The second-order valence-electron chi connectivity index (χ2n) is 8.54. The molecule has 2 amide bonds. The zero-order chi connectivity index (χ0) is 30.3. The number of benzene rings is 3. The molecule has 1 heterocycles. The van der Waals surface area contributed by atoms with Gasteiger partial charge in [-0.2, -0.15) is 26.3 Å². The minimum atomic E-state index is -4.70. The maximum absolute atomic E-state index is 13.4. The predicted molar refractivity (Wildman–Crippen MR) is 141 cm³/mol. The minimum absolute atomic E-state index is 0.00932. The van der Waals surface area contributed by atoms with Crippen LogP contribution in [0.25, 0.3) is 5.69 Å². The number of thioether (sulfide) groups is 1. The molecule has 0 unspecified atom stereocenters. The lowest BCUT2D eigenvalue weighted by molar-refractivity contribution is -0.138. The maximum Gasteiger partial charge on any atom is 0.418 e. The van der Waals surface area contributed by atoms with Gasteiger partial charge in [0.05, 0.1) is 34.8 Å². The fourth-order valence-electron chi connectivity index (χ4n) is 3.64. The van der Waals surface area contributed by atoms with Gasteiger partial charge in [-0.05, 0) is 42.5 Å². The summed E-state index contributed by atoms with van der Waals surface area (Å²) in [7, 11) is 0. The first-order valence-corrected chi connectivity index (χ1v) is 13.1. The van der Waals surface area contributed by atoms with Crippen molar-refractivity contribution in [3.63, 3.8) is 0 Å². The van der Waals surface area contributed by atoms with Gasteiger partial charge >= 0.3 is 12.4 Å². The van der Waals surface area contributed by atoms with Gasteiger partial charge in [-0.3, -0.25) is 14.2 Å². The molecule has 4 aromatic rings. The van der Waals surface area contributed by atoms with Gasteiger partial charge in [0, 0.05) is 0 Å². The fourth-order valence-corrected chi connectivity index (χ4v) is 4.41. The first-order valence-electron chi connectivity index (χ1n) is 12.1. The summed E-state index contributed by atoms with van der Waals surface area (Å²) in [4.78, 5) is 24.9. The Labute approximate surface area is 239 Å². The number of amides is 2. The quantitative estimate of drug-likeness (QED) is 0.176. The Bertz CT molecular complexity index is 1540. The molecule has 0 atom stereocenters. The molecule has 3 aromatic carbocycles. The molecule has 220 valence electrons. The highest BCUT2D eigenvalue weighted by Gasteiger charge is 2.34. The third kappa shape index (κ3) is 8.02. The molecule has 8 nitrogen and oxygen atoms in total. The van der Waals surface area contributed by atoms with E-state index in [1.54, 1.807) is 30.3 Å². The number of ether oxygens (including phenoxy) is 1. The van der Waals surface area contributed by atoms with E-state index in [1.807, 2.05) is 0 Å². The van der Waals surface area contributed by atoms with Crippen molar-refractivity contribution in [3.05, 3.63) is 95.8 Å². The molecule has 0 aliphatic rings. The molecular weight excluding hydrogens is 588 g/mol. The normalized spacial score (nSPS) is 11.7. The van der Waals surface area contributed by atoms with E-state index in [0.717, 1.165) is 36.0 Å². The number of para-hydroxylation sites is 2. The van der Waals surface area contributed by atoms with Crippen molar-refractivity contribution in [2.45, 2.75) is 24.1 Å². The third-order valence-electron chi connectivity index (χ3n) is 5.53. The van der Waals surface area contributed by atoms with Crippen molar-refractivity contribution in [2.24, 2.45) is 0 Å². The lowest BCUT2D eigenvalue weighted by Crippen LogP contribution is -2.29. The van der Waals surface area contributed by atoms with E-state index in [2.05, 4.69) is 20.8 Å². The number of nitrogens with one attached hydrogen (secondary N) is 2. The lowest BCUT2D eigenvalue weighted by atomic mass is 10.1. The topological polar surface area (TPSA) is 98.1 Å². The van der Waals surface area contributed by atoms with E-state index in [4.69, 9.17) is 4.74 Å². The molecule has 15 heteroatoms. The SMILES string of the molecule is O=C(COc1ccccc1)NCc1nnc(SCC(=O)Nc2ccccc2C(F)(F)F)n1-c1cccc(C(F)(F)F)c1. The first kappa shape index (κ1) is 30.4. The van der Waals surface area contributed by atoms with Crippen molar-refractivity contribution in [1.82, 2.24) is 20.1 Å². The Hall–Kier alpha value is -4.53. The van der Waals surface area contributed by atoms with E-state index in [9.17, 15) is 35.9 Å². The Balaban J connectivity index is 1.51. The van der Waals surface area contributed by atoms with E-state index in [-0.39, 0.29) is 29.8 Å². The minimum Gasteiger partial charge on any atom is -0.484 e. The Morgan fingerprint density at radius 3 is 2.26 bits per heavy atom. The number of hydrogen-bond donors (Lipinski definition) is 2. The predicted octanol–water partition coefficient (Wildman–Crippen LogP) is 5.73. The number of nitrogens with zero attached hydrogens (tertiary/aromatic N) is 3. The number of carbonyl (C=O) groups excluding carboxylic acids is 2. The van der Waals surface area contributed by atoms with E-state index in [1.165, 1.54) is 28.8 Å². The standard InChI is InChI=1S/C27H21F6N5O3S/c28-26(29,30)17-7-6-8-18(13-17)38-22(14-34-23(39)15-41-19-9-2-1-3-10-19)36-37-25(38)42-16-24(40)35-21-12-5-4-11-20(21)27(31,32)33/h1-13H,14-16H2,(H,34,39)(H,35,40). The van der Waals surface area contributed by atoms with Crippen molar-refractivity contribution in [2.75, 3.05) is 17.7 Å². The second-order valence-corrected chi connectivity index (χ2v) is 9.48. The number of aromatic nitrogens is 3. The first-order chi connectivity index (χ1) is 19.9. The van der Waals surface area contributed by atoms with Gasteiger partial charge in [0.2, 0.25) is 5.91 Å². The zero-order valence-electron chi connectivity index (χ0n) is 21.4. The summed E-state index contributed by atoms with van der Waals surface area (Å²) in [5.41, 5.74) is -2.46. The van der Waals surface area contributed by atoms with Crippen LogP contribution < -0.4 is 15.4 Å². The van der Waals surface area contributed by atoms with Gasteiger partial charge in [0.15, 0.2) is 17.6 Å². The van der Waals surface area contributed by atoms with Crippen LogP contribution in [0, 0.1) is 0 Å². The average Bonchev–Trinajstić information content (AvgIpc) is 3.36. The molecule has 0 radical (unpaired) electrons. The van der Waals surface area contributed by atoms with Crippen molar-refractivity contribution < 1.29 is 40.7 Å². The van der Waals surface area contributed by atoms with Crippen molar-refractivity contribution >= 4 is 29.3 Å². The number of hydrogen-bond acceptors (Lipinski definition) is 6. The molecule has 0 saturated heterocycles. The van der Waals surface area contributed by atoms with E-state index < -0.39 is 46.7 Å². The highest BCUT2D eigenvalue weighted by molar-refractivity contribution is 7.99. The summed E-state index contributed by atoms with van der Waals surface area (Å²) in [5.74, 6) is -1.32. The molecule has 0 saturated carbocycles. The summed E-state index contributed by atoms with van der Waals surface area (Å²) in [6.45, 7) is -0.602. The number of halogens is 6. The lowest BCUT2D eigenvalue weighted by Gasteiger charge is -2.14. The number of alkyl halides is 6. The highest BCUT2D eigenvalue weighted by atomic mass is 32.2. The summed E-state index contributed by atoms with van der Waals surface area (Å²) < 4.78 is 86.7. The Morgan fingerprint density at radius 1 is 0.833 bits per heavy atom. The fraction of sp³-hybridized carbons (Fsp3) is 0.185. The van der Waals surface area contributed by atoms with Crippen molar-refractivity contribution in [1.29, 1.82) is 0 Å². The van der Waals surface area contributed by atoms with Crippen LogP contribution >= 0.6 is 11.8 Å². The number of rotatable bonds is 10. The second kappa shape index (κ2) is 13.0. The van der Waals surface area contributed by atoms with Gasteiger partial charge < -0.3 is 15.4 Å².